The first-order valence-electron chi connectivity index (χ1n) is 5.65. The van der Waals surface area contributed by atoms with Crippen molar-refractivity contribution in [1.82, 2.24) is 15.0 Å². The Labute approximate surface area is 128 Å². The molecule has 0 bridgehead atoms. The van der Waals surface area contributed by atoms with Crippen molar-refractivity contribution in [3.8, 4) is 17.8 Å². The molecule has 0 unspecified atom stereocenters. The zero-order valence-electron chi connectivity index (χ0n) is 10.6. The Kier molecular flexibility index (Phi) is 4.72. The van der Waals surface area contributed by atoms with Crippen LogP contribution in [0.15, 0.2) is 22.7 Å². The monoisotopic (exact) mass is 361 g/mol. The maximum Gasteiger partial charge on any atom is 0.329 e. The second-order valence-corrected chi connectivity index (χ2v) is 5.21. The minimum atomic E-state index is -0.387. The van der Waals surface area contributed by atoms with E-state index in [1.807, 2.05) is 13.8 Å². The van der Waals surface area contributed by atoms with Crippen LogP contribution in [0.3, 0.4) is 0 Å². The summed E-state index contributed by atoms with van der Waals surface area (Å²) < 4.78 is 24.2. The molecule has 0 aliphatic carbocycles. The lowest BCUT2D eigenvalue weighted by molar-refractivity contribution is 0.218. The molecule has 0 N–H and O–H groups in total. The van der Waals surface area contributed by atoms with E-state index in [1.165, 1.54) is 18.2 Å². The summed E-state index contributed by atoms with van der Waals surface area (Å²) in [5.41, 5.74) is 0. The molecule has 0 atom stereocenters. The van der Waals surface area contributed by atoms with Crippen molar-refractivity contribution in [3.05, 3.63) is 33.8 Å². The summed E-state index contributed by atoms with van der Waals surface area (Å²) in [7, 11) is 0. The highest BCUT2D eigenvalue weighted by Crippen LogP contribution is 2.29. The maximum absolute atomic E-state index is 13.0. The van der Waals surface area contributed by atoms with Gasteiger partial charge in [0, 0.05) is 0 Å². The number of halogens is 3. The van der Waals surface area contributed by atoms with E-state index in [2.05, 4.69) is 30.9 Å². The summed E-state index contributed by atoms with van der Waals surface area (Å²) in [6.07, 6.45) is -0.112. The highest BCUT2D eigenvalue weighted by Gasteiger charge is 2.11. The van der Waals surface area contributed by atoms with Crippen LogP contribution in [-0.2, 0) is 0 Å². The fourth-order valence-corrected chi connectivity index (χ4v) is 1.86. The highest BCUT2D eigenvalue weighted by atomic mass is 79.9. The van der Waals surface area contributed by atoms with Gasteiger partial charge in [-0.15, -0.1) is 4.98 Å². The molecule has 0 aliphatic rings. The lowest BCUT2D eigenvalue weighted by Crippen LogP contribution is -2.09. The average Bonchev–Trinajstić information content (AvgIpc) is 2.31. The summed E-state index contributed by atoms with van der Waals surface area (Å²) in [4.78, 5) is 11.6. The van der Waals surface area contributed by atoms with Gasteiger partial charge in [-0.2, -0.15) is 9.97 Å². The molecule has 0 aliphatic heterocycles. The molecule has 0 saturated heterocycles. The number of ether oxygens (including phenoxy) is 2. The molecule has 20 heavy (non-hydrogen) atoms. The fourth-order valence-electron chi connectivity index (χ4n) is 1.28. The van der Waals surface area contributed by atoms with E-state index in [-0.39, 0.29) is 29.2 Å². The summed E-state index contributed by atoms with van der Waals surface area (Å²) in [6, 6.07) is 4.00. The third kappa shape index (κ3) is 4.01. The summed E-state index contributed by atoms with van der Waals surface area (Å²) in [5, 5.41) is -0.0520. The van der Waals surface area contributed by atoms with Crippen molar-refractivity contribution in [2.24, 2.45) is 0 Å². The van der Waals surface area contributed by atoms with Gasteiger partial charge in [-0.3, -0.25) is 0 Å². The predicted molar refractivity (Wildman–Crippen MR) is 74.8 cm³/mol. The van der Waals surface area contributed by atoms with Gasteiger partial charge >= 0.3 is 12.0 Å². The van der Waals surface area contributed by atoms with Crippen LogP contribution in [0.2, 0.25) is 5.28 Å². The van der Waals surface area contributed by atoms with Gasteiger partial charge < -0.3 is 9.47 Å². The van der Waals surface area contributed by atoms with Crippen LogP contribution in [0.1, 0.15) is 13.8 Å². The summed E-state index contributed by atoms with van der Waals surface area (Å²) in [5.74, 6) is -0.0362. The fraction of sp³-hybridized carbons (Fsp3) is 0.250. The minimum absolute atomic E-state index is 0.0343. The molecule has 0 spiro atoms. The van der Waals surface area contributed by atoms with Crippen LogP contribution < -0.4 is 9.47 Å². The molecule has 2 aromatic rings. The van der Waals surface area contributed by atoms with Crippen LogP contribution in [0.4, 0.5) is 4.39 Å². The van der Waals surface area contributed by atoms with E-state index in [1.54, 1.807) is 0 Å². The van der Waals surface area contributed by atoms with Gasteiger partial charge in [0.25, 0.3) is 0 Å². The van der Waals surface area contributed by atoms with Gasteiger partial charge in [0.15, 0.2) is 0 Å². The predicted octanol–water partition coefficient (Wildman–Crippen LogP) is 4.01. The van der Waals surface area contributed by atoms with E-state index in [9.17, 15) is 4.39 Å². The Hall–Kier alpha value is -1.47. The minimum Gasteiger partial charge on any atom is -0.461 e. The van der Waals surface area contributed by atoms with Crippen LogP contribution in [0, 0.1) is 5.82 Å². The second kappa shape index (κ2) is 6.32. The average molecular weight is 363 g/mol. The van der Waals surface area contributed by atoms with Crippen LogP contribution in [-0.4, -0.2) is 21.1 Å². The van der Waals surface area contributed by atoms with Gasteiger partial charge in [-0.1, -0.05) is 0 Å². The van der Waals surface area contributed by atoms with Crippen LogP contribution in [0.5, 0.6) is 17.8 Å². The normalized spacial score (nSPS) is 10.7. The third-order valence-corrected chi connectivity index (χ3v) is 2.79. The van der Waals surface area contributed by atoms with Crippen molar-refractivity contribution in [3.63, 3.8) is 0 Å². The molecular weight excluding hydrogens is 353 g/mol. The Bertz CT molecular complexity index is 628. The van der Waals surface area contributed by atoms with E-state index < -0.39 is 0 Å². The van der Waals surface area contributed by atoms with Gasteiger partial charge in [-0.05, 0) is 59.6 Å². The first kappa shape index (κ1) is 14.9. The molecule has 1 heterocycles. The SMILES string of the molecule is CC(C)Oc1nc(Cl)nc(Oc2ccc(F)cc2Br)n1. The number of hydrogen-bond acceptors (Lipinski definition) is 5. The zero-order valence-corrected chi connectivity index (χ0v) is 12.9. The van der Waals surface area contributed by atoms with Crippen molar-refractivity contribution in [2.75, 3.05) is 0 Å². The lowest BCUT2D eigenvalue weighted by Gasteiger charge is -2.09. The molecule has 106 valence electrons. The molecule has 0 radical (unpaired) electrons. The molecule has 5 nitrogen and oxygen atoms in total. The molecule has 8 heteroatoms. The molecule has 1 aromatic carbocycles. The lowest BCUT2D eigenvalue weighted by atomic mass is 10.3. The van der Waals surface area contributed by atoms with Crippen molar-refractivity contribution >= 4 is 27.5 Å². The number of aromatic nitrogens is 3. The van der Waals surface area contributed by atoms with Crippen molar-refractivity contribution in [1.29, 1.82) is 0 Å². The Balaban J connectivity index is 2.26. The van der Waals surface area contributed by atoms with Gasteiger partial charge in [0.1, 0.15) is 11.6 Å². The van der Waals surface area contributed by atoms with E-state index >= 15 is 0 Å². The van der Waals surface area contributed by atoms with Gasteiger partial charge in [-0.25, -0.2) is 4.39 Å². The number of benzene rings is 1. The Morgan fingerprint density at radius 3 is 2.55 bits per heavy atom. The number of hydrogen-bond donors (Lipinski definition) is 0. The number of rotatable bonds is 4. The Morgan fingerprint density at radius 1 is 1.20 bits per heavy atom. The van der Waals surface area contributed by atoms with Crippen LogP contribution in [0.25, 0.3) is 0 Å². The van der Waals surface area contributed by atoms with Gasteiger partial charge in [0.2, 0.25) is 5.28 Å². The standard InChI is InChI=1S/C12H10BrClFN3O2/c1-6(2)19-11-16-10(14)17-12(18-11)20-9-4-3-7(15)5-8(9)13/h3-6H,1-2H3. The first-order chi connectivity index (χ1) is 9.44. The number of nitrogens with zero attached hydrogens (tertiary/aromatic N) is 3. The largest absolute Gasteiger partial charge is 0.461 e. The van der Waals surface area contributed by atoms with E-state index in [0.717, 1.165) is 0 Å². The molecular formula is C12H10BrClFN3O2. The summed E-state index contributed by atoms with van der Waals surface area (Å²) in [6.45, 7) is 3.66. The van der Waals surface area contributed by atoms with Crippen LogP contribution >= 0.6 is 27.5 Å². The molecule has 2 rings (SSSR count). The third-order valence-electron chi connectivity index (χ3n) is 2.00. The van der Waals surface area contributed by atoms with Gasteiger partial charge in [0.05, 0.1) is 10.6 Å². The quantitative estimate of drug-likeness (QED) is 0.822. The maximum atomic E-state index is 13.0. The molecule has 0 saturated carbocycles. The smallest absolute Gasteiger partial charge is 0.329 e. The highest BCUT2D eigenvalue weighted by molar-refractivity contribution is 9.10. The topological polar surface area (TPSA) is 57.1 Å². The Morgan fingerprint density at radius 2 is 1.90 bits per heavy atom. The zero-order chi connectivity index (χ0) is 14.7. The van der Waals surface area contributed by atoms with Crippen molar-refractivity contribution < 1.29 is 13.9 Å². The van der Waals surface area contributed by atoms with Crippen molar-refractivity contribution in [2.45, 2.75) is 20.0 Å². The van der Waals surface area contributed by atoms with E-state index in [0.29, 0.717) is 10.2 Å². The second-order valence-electron chi connectivity index (χ2n) is 4.01. The summed E-state index contributed by atoms with van der Waals surface area (Å²) >= 11 is 8.95. The molecule has 1 aromatic heterocycles. The molecule has 0 amide bonds. The van der Waals surface area contributed by atoms with E-state index in [4.69, 9.17) is 21.1 Å². The first-order valence-corrected chi connectivity index (χ1v) is 6.82. The molecule has 0 fully saturated rings.